The van der Waals surface area contributed by atoms with E-state index >= 15 is 0 Å². The second kappa shape index (κ2) is 5.48. The minimum absolute atomic E-state index is 0.0322. The molecule has 0 aromatic carbocycles. The van der Waals surface area contributed by atoms with E-state index in [2.05, 4.69) is 31.2 Å². The lowest BCUT2D eigenvalue weighted by Crippen LogP contribution is -2.47. The van der Waals surface area contributed by atoms with Crippen LogP contribution in [0.3, 0.4) is 0 Å². The molecule has 0 atom stereocenters. The zero-order valence-electron chi connectivity index (χ0n) is 9.12. The van der Waals surface area contributed by atoms with Gasteiger partial charge >= 0.3 is 0 Å². The number of ether oxygens (including phenoxy) is 1. The van der Waals surface area contributed by atoms with Gasteiger partial charge in [0.05, 0.1) is 16.6 Å². The van der Waals surface area contributed by atoms with Gasteiger partial charge in [-0.25, -0.2) is 4.98 Å². The smallest absolute Gasteiger partial charge is 0.224 e. The molecule has 5 nitrogen and oxygen atoms in total. The molecular formula is C10H13BrClN3O2. The normalized spacial score (nSPS) is 19.0. The van der Waals surface area contributed by atoms with E-state index in [0.29, 0.717) is 19.0 Å². The third kappa shape index (κ3) is 3.07. The molecule has 1 fully saturated rings. The zero-order valence-corrected chi connectivity index (χ0v) is 11.5. The minimum atomic E-state index is -0.390. The Balaban J connectivity index is 2.20. The highest BCUT2D eigenvalue weighted by atomic mass is 79.9. The second-order valence-corrected chi connectivity index (χ2v) is 5.20. The Morgan fingerprint density at radius 2 is 2.24 bits per heavy atom. The molecule has 1 aliphatic rings. The molecule has 0 radical (unpaired) electrons. The first kappa shape index (κ1) is 13.0. The van der Waals surface area contributed by atoms with Crippen molar-refractivity contribution in [1.29, 1.82) is 0 Å². The first-order valence-corrected chi connectivity index (χ1v) is 6.47. The Morgan fingerprint density at radius 3 is 2.88 bits per heavy atom. The van der Waals surface area contributed by atoms with Gasteiger partial charge in [0.25, 0.3) is 0 Å². The van der Waals surface area contributed by atoms with Crippen molar-refractivity contribution in [3.05, 3.63) is 16.0 Å². The number of nitrogens with one attached hydrogen (secondary N) is 1. The molecule has 2 heterocycles. The predicted octanol–water partition coefficient (Wildman–Crippen LogP) is 1.85. The molecule has 94 valence electrons. The van der Waals surface area contributed by atoms with Crippen molar-refractivity contribution in [3.8, 4) is 0 Å². The highest BCUT2D eigenvalue weighted by Crippen LogP contribution is 2.29. The third-order valence-corrected chi connectivity index (χ3v) is 3.61. The summed E-state index contributed by atoms with van der Waals surface area (Å²) >= 11 is 9.10. The molecule has 1 aromatic heterocycles. The number of hydrogen-bond acceptors (Lipinski definition) is 5. The number of rotatable bonds is 3. The Morgan fingerprint density at radius 1 is 1.53 bits per heavy atom. The van der Waals surface area contributed by atoms with Crippen LogP contribution >= 0.6 is 27.5 Å². The fourth-order valence-electron chi connectivity index (χ4n) is 1.77. The number of hydrogen-bond donors (Lipinski definition) is 2. The lowest BCUT2D eigenvalue weighted by molar-refractivity contribution is 0.0378. The van der Waals surface area contributed by atoms with Gasteiger partial charge in [0, 0.05) is 19.4 Å². The van der Waals surface area contributed by atoms with Crippen molar-refractivity contribution in [1.82, 2.24) is 9.97 Å². The second-order valence-electron chi connectivity index (χ2n) is 4.01. The number of halogens is 2. The Hall–Kier alpha value is -0.430. The molecule has 0 saturated carbocycles. The standard InChI is InChI=1S/C10H13BrClN3O2/c11-7-5-13-9(12)14-8(7)15-10(6-16)1-3-17-4-2-10/h5,16H,1-4,6H2,(H,13,14,15). The highest BCUT2D eigenvalue weighted by Gasteiger charge is 2.32. The molecule has 1 aromatic rings. The molecule has 0 amide bonds. The van der Waals surface area contributed by atoms with Crippen LogP contribution in [0, 0.1) is 0 Å². The van der Waals surface area contributed by atoms with Gasteiger partial charge in [-0.15, -0.1) is 0 Å². The van der Waals surface area contributed by atoms with Crippen LogP contribution in [0.1, 0.15) is 12.8 Å². The summed E-state index contributed by atoms with van der Waals surface area (Å²) in [6.45, 7) is 1.29. The summed E-state index contributed by atoms with van der Waals surface area (Å²) in [6.07, 6.45) is 3.05. The van der Waals surface area contributed by atoms with E-state index < -0.39 is 5.54 Å². The van der Waals surface area contributed by atoms with Crippen molar-refractivity contribution in [2.24, 2.45) is 0 Å². The Labute approximate surface area is 113 Å². The van der Waals surface area contributed by atoms with Gasteiger partial charge < -0.3 is 15.2 Å². The average molecular weight is 323 g/mol. The average Bonchev–Trinajstić information content (AvgIpc) is 2.35. The summed E-state index contributed by atoms with van der Waals surface area (Å²) in [5.41, 5.74) is -0.390. The van der Waals surface area contributed by atoms with Gasteiger partial charge in [-0.05, 0) is 40.4 Å². The first-order chi connectivity index (χ1) is 8.15. The predicted molar refractivity (Wildman–Crippen MR) is 68.2 cm³/mol. The lowest BCUT2D eigenvalue weighted by atomic mass is 9.91. The number of aliphatic hydroxyl groups excluding tert-OH is 1. The van der Waals surface area contributed by atoms with Crippen LogP contribution in [-0.2, 0) is 4.74 Å². The van der Waals surface area contributed by atoms with Crippen LogP contribution in [0.25, 0.3) is 0 Å². The fourth-order valence-corrected chi connectivity index (χ4v) is 2.19. The van der Waals surface area contributed by atoms with Crippen molar-refractivity contribution in [2.45, 2.75) is 18.4 Å². The molecule has 0 aliphatic carbocycles. The van der Waals surface area contributed by atoms with Crippen LogP contribution in [0.15, 0.2) is 10.7 Å². The van der Waals surface area contributed by atoms with Crippen LogP contribution in [0.5, 0.6) is 0 Å². The zero-order chi connectivity index (χ0) is 12.3. The highest BCUT2D eigenvalue weighted by molar-refractivity contribution is 9.10. The van der Waals surface area contributed by atoms with E-state index in [1.165, 1.54) is 0 Å². The van der Waals surface area contributed by atoms with Crippen molar-refractivity contribution in [2.75, 3.05) is 25.1 Å². The third-order valence-electron chi connectivity index (χ3n) is 2.85. The summed E-state index contributed by atoms with van der Waals surface area (Å²) in [7, 11) is 0. The molecule has 7 heteroatoms. The van der Waals surface area contributed by atoms with E-state index in [1.807, 2.05) is 0 Å². The van der Waals surface area contributed by atoms with Gasteiger partial charge in [-0.2, -0.15) is 4.98 Å². The van der Waals surface area contributed by atoms with Crippen molar-refractivity contribution >= 4 is 33.3 Å². The number of anilines is 1. The lowest BCUT2D eigenvalue weighted by Gasteiger charge is -2.36. The number of aliphatic hydroxyl groups is 1. The first-order valence-electron chi connectivity index (χ1n) is 5.30. The molecule has 17 heavy (non-hydrogen) atoms. The monoisotopic (exact) mass is 321 g/mol. The van der Waals surface area contributed by atoms with Crippen LogP contribution in [0.4, 0.5) is 5.82 Å². The molecule has 0 spiro atoms. The number of aromatic nitrogens is 2. The molecule has 0 bridgehead atoms. The Bertz CT molecular complexity index is 399. The van der Waals surface area contributed by atoms with Gasteiger partial charge in [0.15, 0.2) is 0 Å². The summed E-state index contributed by atoms with van der Waals surface area (Å²) in [6, 6.07) is 0. The van der Waals surface area contributed by atoms with Gasteiger partial charge in [-0.1, -0.05) is 0 Å². The minimum Gasteiger partial charge on any atom is -0.394 e. The molecule has 2 N–H and O–H groups in total. The SMILES string of the molecule is OCC1(Nc2nc(Cl)ncc2Br)CCOCC1. The quantitative estimate of drug-likeness (QED) is 0.831. The van der Waals surface area contributed by atoms with Crippen LogP contribution in [0.2, 0.25) is 5.28 Å². The van der Waals surface area contributed by atoms with E-state index in [4.69, 9.17) is 16.3 Å². The summed E-state index contributed by atoms with van der Waals surface area (Å²) in [4.78, 5) is 7.97. The van der Waals surface area contributed by atoms with E-state index in [9.17, 15) is 5.11 Å². The van der Waals surface area contributed by atoms with Gasteiger partial charge in [0.1, 0.15) is 5.82 Å². The van der Waals surface area contributed by atoms with E-state index in [0.717, 1.165) is 17.3 Å². The Kier molecular flexibility index (Phi) is 4.19. The maximum absolute atomic E-state index is 9.55. The largest absolute Gasteiger partial charge is 0.394 e. The topological polar surface area (TPSA) is 67.3 Å². The molecule has 2 rings (SSSR count). The van der Waals surface area contributed by atoms with E-state index in [1.54, 1.807) is 6.20 Å². The molecule has 1 saturated heterocycles. The summed E-state index contributed by atoms with van der Waals surface area (Å²) in [5, 5.41) is 13.0. The van der Waals surface area contributed by atoms with E-state index in [-0.39, 0.29) is 11.9 Å². The fraction of sp³-hybridized carbons (Fsp3) is 0.600. The van der Waals surface area contributed by atoms with Crippen molar-refractivity contribution in [3.63, 3.8) is 0 Å². The summed E-state index contributed by atoms with van der Waals surface area (Å²) in [5.74, 6) is 0.598. The maximum atomic E-state index is 9.55. The van der Waals surface area contributed by atoms with Gasteiger partial charge in [0.2, 0.25) is 5.28 Å². The van der Waals surface area contributed by atoms with Crippen molar-refractivity contribution < 1.29 is 9.84 Å². The summed E-state index contributed by atoms with van der Waals surface area (Å²) < 4.78 is 6.02. The maximum Gasteiger partial charge on any atom is 0.224 e. The molecule has 0 unspecified atom stereocenters. The molecular weight excluding hydrogens is 309 g/mol. The molecule has 1 aliphatic heterocycles. The van der Waals surface area contributed by atoms with Crippen LogP contribution < -0.4 is 5.32 Å². The van der Waals surface area contributed by atoms with Crippen LogP contribution in [-0.4, -0.2) is 40.4 Å². The number of nitrogens with zero attached hydrogens (tertiary/aromatic N) is 2. The van der Waals surface area contributed by atoms with Gasteiger partial charge in [-0.3, -0.25) is 0 Å².